The molecule has 1 heterocycles. The van der Waals surface area contributed by atoms with Gasteiger partial charge in [0.05, 0.1) is 0 Å². The lowest BCUT2D eigenvalue weighted by Gasteiger charge is -2.01. The van der Waals surface area contributed by atoms with Crippen LogP contribution in [0.5, 0.6) is 0 Å². The number of carbonyl (C=O) groups is 1. The maximum Gasteiger partial charge on any atom is 0.150 e. The van der Waals surface area contributed by atoms with E-state index in [1.807, 2.05) is 6.07 Å². The third-order valence-corrected chi connectivity index (χ3v) is 3.45. The molecule has 0 atom stereocenters. The zero-order valence-corrected chi connectivity index (χ0v) is 9.68. The third kappa shape index (κ3) is 1.99. The van der Waals surface area contributed by atoms with Gasteiger partial charge in [-0.3, -0.25) is 4.79 Å². The summed E-state index contributed by atoms with van der Waals surface area (Å²) in [4.78, 5) is 12.1. The Labute approximate surface area is 102 Å². The Hall–Kier alpha value is -1.63. The SMILES string of the molecule is N#Cc1ccc(-c2ccc(C=O)cc2Cl)s1. The van der Waals surface area contributed by atoms with Crippen molar-refractivity contribution in [2.24, 2.45) is 0 Å². The standard InChI is InChI=1S/C12H6ClNOS/c13-11-5-8(7-15)1-3-10(11)12-4-2-9(6-14)16-12/h1-5,7H. The van der Waals surface area contributed by atoms with Crippen molar-refractivity contribution in [2.45, 2.75) is 0 Å². The predicted molar refractivity (Wildman–Crippen MR) is 64.9 cm³/mol. The average molecular weight is 248 g/mol. The second-order valence-electron chi connectivity index (χ2n) is 3.13. The van der Waals surface area contributed by atoms with Gasteiger partial charge in [-0.05, 0) is 18.2 Å². The summed E-state index contributed by atoms with van der Waals surface area (Å²) in [5.41, 5.74) is 1.39. The molecule has 0 aliphatic rings. The van der Waals surface area contributed by atoms with Gasteiger partial charge in [-0.15, -0.1) is 11.3 Å². The second kappa shape index (κ2) is 4.48. The first-order valence-electron chi connectivity index (χ1n) is 4.49. The summed E-state index contributed by atoms with van der Waals surface area (Å²) >= 11 is 7.44. The average Bonchev–Trinajstić information content (AvgIpc) is 2.77. The molecule has 0 saturated heterocycles. The zero-order chi connectivity index (χ0) is 11.5. The van der Waals surface area contributed by atoms with Crippen molar-refractivity contribution in [3.63, 3.8) is 0 Å². The van der Waals surface area contributed by atoms with E-state index in [0.717, 1.165) is 16.7 Å². The number of nitrogens with zero attached hydrogens (tertiary/aromatic N) is 1. The van der Waals surface area contributed by atoms with E-state index in [1.54, 1.807) is 24.3 Å². The van der Waals surface area contributed by atoms with Gasteiger partial charge in [-0.2, -0.15) is 5.26 Å². The van der Waals surface area contributed by atoms with E-state index >= 15 is 0 Å². The molecule has 0 spiro atoms. The van der Waals surface area contributed by atoms with E-state index in [-0.39, 0.29) is 0 Å². The molecule has 0 aliphatic carbocycles. The fraction of sp³-hybridized carbons (Fsp3) is 0. The minimum absolute atomic E-state index is 0.524. The van der Waals surface area contributed by atoms with Gasteiger partial charge >= 0.3 is 0 Å². The molecule has 4 heteroatoms. The smallest absolute Gasteiger partial charge is 0.150 e. The van der Waals surface area contributed by atoms with Crippen LogP contribution < -0.4 is 0 Å². The molecule has 0 bridgehead atoms. The highest BCUT2D eigenvalue weighted by atomic mass is 35.5. The van der Waals surface area contributed by atoms with Gasteiger partial charge in [0.1, 0.15) is 17.2 Å². The quantitative estimate of drug-likeness (QED) is 0.759. The predicted octanol–water partition coefficient (Wildman–Crippen LogP) is 3.75. The Morgan fingerprint density at radius 3 is 2.69 bits per heavy atom. The van der Waals surface area contributed by atoms with Crippen LogP contribution in [0.2, 0.25) is 5.02 Å². The van der Waals surface area contributed by atoms with Crippen molar-refractivity contribution < 1.29 is 4.79 Å². The minimum Gasteiger partial charge on any atom is -0.298 e. The molecule has 0 saturated carbocycles. The van der Waals surface area contributed by atoms with Crippen molar-refractivity contribution in [1.29, 1.82) is 5.26 Å². The number of benzene rings is 1. The summed E-state index contributed by atoms with van der Waals surface area (Å²) in [6, 6.07) is 10.8. The van der Waals surface area contributed by atoms with Gasteiger partial charge in [0, 0.05) is 21.0 Å². The van der Waals surface area contributed by atoms with Crippen LogP contribution >= 0.6 is 22.9 Å². The number of halogens is 1. The van der Waals surface area contributed by atoms with Crippen LogP contribution in [-0.4, -0.2) is 6.29 Å². The van der Waals surface area contributed by atoms with Crippen LogP contribution in [0.15, 0.2) is 30.3 Å². The summed E-state index contributed by atoms with van der Waals surface area (Å²) in [7, 11) is 0. The monoisotopic (exact) mass is 247 g/mol. The summed E-state index contributed by atoms with van der Waals surface area (Å²) in [6.07, 6.45) is 0.755. The van der Waals surface area contributed by atoms with Crippen LogP contribution in [0.1, 0.15) is 15.2 Å². The lowest BCUT2D eigenvalue weighted by Crippen LogP contribution is -1.81. The van der Waals surface area contributed by atoms with E-state index in [9.17, 15) is 4.79 Å². The Morgan fingerprint density at radius 2 is 2.12 bits per heavy atom. The van der Waals surface area contributed by atoms with Crippen LogP contribution in [0.25, 0.3) is 10.4 Å². The molecule has 0 unspecified atom stereocenters. The first-order chi connectivity index (χ1) is 7.74. The highest BCUT2D eigenvalue weighted by Gasteiger charge is 2.07. The third-order valence-electron chi connectivity index (χ3n) is 2.11. The van der Waals surface area contributed by atoms with E-state index in [2.05, 4.69) is 6.07 Å². The van der Waals surface area contributed by atoms with Gasteiger partial charge in [0.2, 0.25) is 0 Å². The zero-order valence-electron chi connectivity index (χ0n) is 8.11. The lowest BCUT2D eigenvalue weighted by atomic mass is 10.1. The van der Waals surface area contributed by atoms with E-state index in [0.29, 0.717) is 15.5 Å². The molecule has 2 aromatic rings. The van der Waals surface area contributed by atoms with E-state index in [4.69, 9.17) is 16.9 Å². The van der Waals surface area contributed by atoms with Crippen LogP contribution in [0, 0.1) is 11.3 Å². The van der Waals surface area contributed by atoms with Gasteiger partial charge < -0.3 is 0 Å². The molecule has 0 N–H and O–H groups in total. The molecule has 1 aromatic carbocycles. The molecule has 0 fully saturated rings. The Bertz CT molecular complexity index is 583. The largest absolute Gasteiger partial charge is 0.298 e. The normalized spacial score (nSPS) is 9.75. The molecule has 0 amide bonds. The van der Waals surface area contributed by atoms with Gasteiger partial charge in [-0.1, -0.05) is 23.7 Å². The molecule has 1 aromatic heterocycles. The molecular weight excluding hydrogens is 242 g/mol. The minimum atomic E-state index is 0.524. The molecular formula is C12H6ClNOS. The summed E-state index contributed by atoms with van der Waals surface area (Å²) < 4.78 is 0. The van der Waals surface area contributed by atoms with E-state index < -0.39 is 0 Å². The molecule has 78 valence electrons. The van der Waals surface area contributed by atoms with Crippen molar-refractivity contribution in [2.75, 3.05) is 0 Å². The maximum atomic E-state index is 10.6. The molecule has 2 nitrogen and oxygen atoms in total. The topological polar surface area (TPSA) is 40.9 Å². The number of thiophene rings is 1. The summed E-state index contributed by atoms with van der Waals surface area (Å²) in [5, 5.41) is 9.25. The highest BCUT2D eigenvalue weighted by Crippen LogP contribution is 2.33. The van der Waals surface area contributed by atoms with Gasteiger partial charge in [0.25, 0.3) is 0 Å². The summed E-state index contributed by atoms with van der Waals surface area (Å²) in [5.74, 6) is 0. The van der Waals surface area contributed by atoms with Gasteiger partial charge in [-0.25, -0.2) is 0 Å². The molecule has 16 heavy (non-hydrogen) atoms. The summed E-state index contributed by atoms with van der Waals surface area (Å²) in [6.45, 7) is 0. The number of rotatable bonds is 2. The second-order valence-corrected chi connectivity index (χ2v) is 4.62. The Balaban J connectivity index is 2.48. The van der Waals surface area contributed by atoms with E-state index in [1.165, 1.54) is 11.3 Å². The lowest BCUT2D eigenvalue weighted by molar-refractivity contribution is 0.112. The number of hydrogen-bond acceptors (Lipinski definition) is 3. The highest BCUT2D eigenvalue weighted by molar-refractivity contribution is 7.16. The Morgan fingerprint density at radius 1 is 1.31 bits per heavy atom. The fourth-order valence-electron chi connectivity index (χ4n) is 1.35. The van der Waals surface area contributed by atoms with Crippen molar-refractivity contribution in [1.82, 2.24) is 0 Å². The fourth-order valence-corrected chi connectivity index (χ4v) is 2.54. The van der Waals surface area contributed by atoms with Crippen LogP contribution in [0.4, 0.5) is 0 Å². The number of nitriles is 1. The number of aldehydes is 1. The molecule has 0 aliphatic heterocycles. The van der Waals surface area contributed by atoms with Gasteiger partial charge in [0.15, 0.2) is 0 Å². The number of carbonyl (C=O) groups excluding carboxylic acids is 1. The maximum absolute atomic E-state index is 10.6. The Kier molecular flexibility index (Phi) is 3.04. The van der Waals surface area contributed by atoms with Crippen LogP contribution in [-0.2, 0) is 0 Å². The first-order valence-corrected chi connectivity index (χ1v) is 5.69. The number of hydrogen-bond donors (Lipinski definition) is 0. The first kappa shape index (κ1) is 10.9. The molecule has 2 rings (SSSR count). The van der Waals surface area contributed by atoms with Crippen molar-refractivity contribution in [3.05, 3.63) is 45.8 Å². The van der Waals surface area contributed by atoms with Crippen molar-refractivity contribution >= 4 is 29.2 Å². The van der Waals surface area contributed by atoms with Crippen LogP contribution in [0.3, 0.4) is 0 Å². The van der Waals surface area contributed by atoms with Crippen molar-refractivity contribution in [3.8, 4) is 16.5 Å². The molecule has 0 radical (unpaired) electrons.